The number of primary amides is 1. The maximum Gasteiger partial charge on any atom is 0.255 e. The van der Waals surface area contributed by atoms with E-state index in [0.717, 1.165) is 62.4 Å². The maximum absolute atomic E-state index is 11.0. The number of morpholine rings is 1. The van der Waals surface area contributed by atoms with Gasteiger partial charge in [-0.25, -0.2) is 0 Å². The number of carbonyl (C=O) groups excluding carboxylic acids is 1. The van der Waals surface area contributed by atoms with E-state index in [1.807, 2.05) is 19.1 Å². The van der Waals surface area contributed by atoms with Crippen LogP contribution < -0.4 is 20.5 Å². The number of nitrogens with two attached hydrogens (primary N) is 1. The zero-order valence-corrected chi connectivity index (χ0v) is 16.8. The Balaban J connectivity index is 1.83. The van der Waals surface area contributed by atoms with Crippen molar-refractivity contribution in [2.45, 2.75) is 19.9 Å². The van der Waals surface area contributed by atoms with Crippen molar-refractivity contribution >= 4 is 21.8 Å². The number of amides is 1. The average Bonchev–Trinajstić information content (AvgIpc) is 2.61. The SMILES string of the molecule is CCOc1cc(CNCCCN2CCOCC2)cc(Br)c1OCC(N)=O. The molecule has 26 heavy (non-hydrogen) atoms. The van der Waals surface area contributed by atoms with E-state index in [9.17, 15) is 4.79 Å². The predicted octanol–water partition coefficient (Wildman–Crippen LogP) is 1.52. The van der Waals surface area contributed by atoms with Gasteiger partial charge in [0.2, 0.25) is 0 Å². The quantitative estimate of drug-likeness (QED) is 0.518. The molecule has 0 radical (unpaired) electrons. The molecule has 1 aliphatic rings. The molecule has 8 heteroatoms. The second-order valence-corrected chi connectivity index (χ2v) is 6.93. The second-order valence-electron chi connectivity index (χ2n) is 6.08. The van der Waals surface area contributed by atoms with Crippen molar-refractivity contribution in [2.75, 3.05) is 52.6 Å². The molecular weight excluding hydrogens is 402 g/mol. The van der Waals surface area contributed by atoms with E-state index in [0.29, 0.717) is 18.1 Å². The van der Waals surface area contributed by atoms with Crippen molar-refractivity contribution in [1.82, 2.24) is 10.2 Å². The van der Waals surface area contributed by atoms with Gasteiger partial charge in [0.05, 0.1) is 24.3 Å². The van der Waals surface area contributed by atoms with Gasteiger partial charge >= 0.3 is 0 Å². The lowest BCUT2D eigenvalue weighted by Gasteiger charge is -2.26. The van der Waals surface area contributed by atoms with Gasteiger partial charge in [0.1, 0.15) is 0 Å². The Morgan fingerprint density at radius 1 is 1.35 bits per heavy atom. The van der Waals surface area contributed by atoms with Gasteiger partial charge in [-0.05, 0) is 60.1 Å². The van der Waals surface area contributed by atoms with Gasteiger partial charge < -0.3 is 25.3 Å². The lowest BCUT2D eigenvalue weighted by molar-refractivity contribution is -0.119. The predicted molar refractivity (Wildman–Crippen MR) is 104 cm³/mol. The van der Waals surface area contributed by atoms with E-state index >= 15 is 0 Å². The van der Waals surface area contributed by atoms with Gasteiger partial charge in [0.25, 0.3) is 5.91 Å². The third-order valence-corrected chi connectivity index (χ3v) is 4.58. The normalized spacial score (nSPS) is 15.0. The molecule has 0 unspecified atom stereocenters. The highest BCUT2D eigenvalue weighted by Crippen LogP contribution is 2.36. The fourth-order valence-corrected chi connectivity index (χ4v) is 3.36. The van der Waals surface area contributed by atoms with Crippen LogP contribution in [-0.4, -0.2) is 63.4 Å². The number of halogens is 1. The topological polar surface area (TPSA) is 86.1 Å². The lowest BCUT2D eigenvalue weighted by atomic mass is 10.2. The highest BCUT2D eigenvalue weighted by molar-refractivity contribution is 9.10. The Labute approximate surface area is 163 Å². The van der Waals surface area contributed by atoms with Gasteiger partial charge in [0.15, 0.2) is 18.1 Å². The highest BCUT2D eigenvalue weighted by atomic mass is 79.9. The van der Waals surface area contributed by atoms with Crippen LogP contribution in [0.1, 0.15) is 18.9 Å². The molecule has 1 aliphatic heterocycles. The van der Waals surface area contributed by atoms with Crippen LogP contribution in [0, 0.1) is 0 Å². The first-order valence-corrected chi connectivity index (χ1v) is 9.76. The first-order chi connectivity index (χ1) is 12.6. The fraction of sp³-hybridized carbons (Fsp3) is 0.611. The van der Waals surface area contributed by atoms with E-state index in [1.165, 1.54) is 0 Å². The van der Waals surface area contributed by atoms with Gasteiger partial charge in [0, 0.05) is 19.6 Å². The summed E-state index contributed by atoms with van der Waals surface area (Å²) < 4.78 is 17.2. The van der Waals surface area contributed by atoms with E-state index in [1.54, 1.807) is 0 Å². The van der Waals surface area contributed by atoms with Crippen molar-refractivity contribution in [1.29, 1.82) is 0 Å². The molecule has 0 aliphatic carbocycles. The van der Waals surface area contributed by atoms with Crippen LogP contribution in [0.15, 0.2) is 16.6 Å². The molecule has 1 amide bonds. The molecule has 3 N–H and O–H groups in total. The molecule has 1 aromatic rings. The van der Waals surface area contributed by atoms with Crippen molar-refractivity contribution in [3.8, 4) is 11.5 Å². The number of rotatable bonds is 11. The summed E-state index contributed by atoms with van der Waals surface area (Å²) in [4.78, 5) is 13.4. The van der Waals surface area contributed by atoms with Crippen molar-refractivity contribution < 1.29 is 19.0 Å². The number of nitrogens with one attached hydrogen (secondary N) is 1. The van der Waals surface area contributed by atoms with Crippen molar-refractivity contribution in [3.05, 3.63) is 22.2 Å². The minimum absolute atomic E-state index is 0.183. The Kier molecular flexibility index (Phi) is 9.17. The van der Waals surface area contributed by atoms with Crippen LogP contribution >= 0.6 is 15.9 Å². The summed E-state index contributed by atoms with van der Waals surface area (Å²) in [6, 6.07) is 3.90. The van der Waals surface area contributed by atoms with Crippen LogP contribution in [-0.2, 0) is 16.1 Å². The molecule has 1 saturated heterocycles. The summed E-state index contributed by atoms with van der Waals surface area (Å²) in [5.41, 5.74) is 6.23. The monoisotopic (exact) mass is 429 g/mol. The van der Waals surface area contributed by atoms with Crippen LogP contribution in [0.5, 0.6) is 11.5 Å². The minimum Gasteiger partial charge on any atom is -0.490 e. The van der Waals surface area contributed by atoms with Gasteiger partial charge in [-0.2, -0.15) is 0 Å². The second kappa shape index (κ2) is 11.4. The first-order valence-electron chi connectivity index (χ1n) is 8.97. The molecular formula is C18H28BrN3O4. The van der Waals surface area contributed by atoms with Crippen molar-refractivity contribution in [3.63, 3.8) is 0 Å². The number of carbonyl (C=O) groups is 1. The van der Waals surface area contributed by atoms with Gasteiger partial charge in [-0.15, -0.1) is 0 Å². The number of hydrogen-bond acceptors (Lipinski definition) is 6. The highest BCUT2D eigenvalue weighted by Gasteiger charge is 2.13. The van der Waals surface area contributed by atoms with Crippen LogP contribution in [0.2, 0.25) is 0 Å². The van der Waals surface area contributed by atoms with Crippen LogP contribution in [0.4, 0.5) is 0 Å². The largest absolute Gasteiger partial charge is 0.490 e. The Morgan fingerprint density at radius 3 is 2.81 bits per heavy atom. The van der Waals surface area contributed by atoms with E-state index in [2.05, 4.69) is 26.1 Å². The molecule has 1 fully saturated rings. The molecule has 146 valence electrons. The Morgan fingerprint density at radius 2 is 2.12 bits per heavy atom. The minimum atomic E-state index is -0.523. The molecule has 0 saturated carbocycles. The summed E-state index contributed by atoms with van der Waals surface area (Å²) in [6.07, 6.45) is 1.10. The lowest BCUT2D eigenvalue weighted by Crippen LogP contribution is -2.37. The average molecular weight is 430 g/mol. The van der Waals surface area contributed by atoms with Crippen LogP contribution in [0.3, 0.4) is 0 Å². The molecule has 1 aromatic carbocycles. The van der Waals surface area contributed by atoms with E-state index in [-0.39, 0.29) is 6.61 Å². The summed E-state index contributed by atoms with van der Waals surface area (Å²) in [7, 11) is 0. The number of ether oxygens (including phenoxy) is 3. The molecule has 2 rings (SSSR count). The van der Waals surface area contributed by atoms with Gasteiger partial charge in [-0.1, -0.05) is 0 Å². The zero-order chi connectivity index (χ0) is 18.8. The third-order valence-electron chi connectivity index (χ3n) is 3.99. The summed E-state index contributed by atoms with van der Waals surface area (Å²) in [5, 5.41) is 3.46. The molecule has 0 aromatic heterocycles. The first kappa shape index (κ1) is 21.0. The standard InChI is InChI=1S/C18H28BrN3O4/c1-2-25-16-11-14(10-15(19)18(16)26-13-17(20)23)12-21-4-3-5-22-6-8-24-9-7-22/h10-11,21H,2-9,12-13H2,1H3,(H2,20,23). The number of benzene rings is 1. The molecule has 1 heterocycles. The zero-order valence-electron chi connectivity index (χ0n) is 15.3. The van der Waals surface area contributed by atoms with Crippen LogP contribution in [0.25, 0.3) is 0 Å². The molecule has 7 nitrogen and oxygen atoms in total. The molecule has 0 atom stereocenters. The van der Waals surface area contributed by atoms with Crippen molar-refractivity contribution in [2.24, 2.45) is 5.73 Å². The number of nitrogens with zero attached hydrogens (tertiary/aromatic N) is 1. The Hall–Kier alpha value is -1.35. The van der Waals surface area contributed by atoms with E-state index < -0.39 is 5.91 Å². The summed E-state index contributed by atoms with van der Waals surface area (Å²) in [5.74, 6) is 0.584. The summed E-state index contributed by atoms with van der Waals surface area (Å²) in [6.45, 7) is 8.73. The molecule has 0 spiro atoms. The number of hydrogen-bond donors (Lipinski definition) is 2. The van der Waals surface area contributed by atoms with Gasteiger partial charge in [-0.3, -0.25) is 9.69 Å². The van der Waals surface area contributed by atoms with E-state index in [4.69, 9.17) is 19.9 Å². The fourth-order valence-electron chi connectivity index (χ4n) is 2.75. The summed E-state index contributed by atoms with van der Waals surface area (Å²) >= 11 is 3.49. The Bertz CT molecular complexity index is 580. The maximum atomic E-state index is 11.0. The molecule has 0 bridgehead atoms. The third kappa shape index (κ3) is 7.11. The smallest absolute Gasteiger partial charge is 0.255 e.